The lowest BCUT2D eigenvalue weighted by molar-refractivity contribution is -0.145. The molecule has 3 fully saturated rings. The second kappa shape index (κ2) is 25.3. The lowest BCUT2D eigenvalue weighted by Crippen LogP contribution is -2.59. The molecule has 6 heterocycles. The standard InChI is InChI=1S/C58H72F2N12O9S2/c1-36-52(65-45-16-15-43(29-44(45)59)83(79,80)70-24-22-68(6)23-25-70)66-48-17-14-40(33-72(48)54(36)76)41-31-64-69(32-41)21-20-61-49(74)11-9-7-8-10-26-81-47-27-38(50-37(2)63-35-82-50)12-13-39(47)30-62-53(75)46-28-42(73)34-71(46)55(77)51(57(3,4)5)67-56(78)58(60)18-19-58/h12-17,27,29,31-33,35,42,46,51,65,73H,7-11,18-26,28,30,34H2,1-6H3,(H,61,74)(H,62,75)(H,67,78)/t42-,46+,51-/m1/s1. The monoisotopic (exact) mass is 1180 g/mol. The van der Waals surface area contributed by atoms with Gasteiger partial charge in [0.2, 0.25) is 27.7 Å². The van der Waals surface area contributed by atoms with Crippen LogP contribution in [0.5, 0.6) is 5.75 Å². The molecular weight excluding hydrogens is 1110 g/mol. The number of aryl methyl sites for hydroxylation is 1. The minimum absolute atomic E-state index is 0.00145. The number of likely N-dealkylation sites (N-methyl/N-ethyl adjacent to an activating group) is 1. The number of amides is 4. The number of aromatic nitrogens is 5. The van der Waals surface area contributed by atoms with Crippen molar-refractivity contribution in [2.75, 3.05) is 58.2 Å². The van der Waals surface area contributed by atoms with Gasteiger partial charge in [-0.2, -0.15) is 9.40 Å². The van der Waals surface area contributed by atoms with Crippen molar-refractivity contribution in [1.82, 2.24) is 54.2 Å². The molecule has 2 aliphatic heterocycles. The Morgan fingerprint density at radius 3 is 2.40 bits per heavy atom. The molecule has 21 nitrogen and oxygen atoms in total. The van der Waals surface area contributed by atoms with Gasteiger partial charge in [-0.05, 0) is 94.0 Å². The molecule has 1 saturated carbocycles. The SMILES string of the molecule is Cc1ncsc1-c1ccc(CNC(=O)[C@@H]2C[C@@H](O)CN2C(=O)[C@@H](NC(=O)C2(F)CC2)C(C)(C)C)c(OCCCCCCC(=O)NCCn2cc(-c3ccc4nc(Nc5ccc(S(=O)(=O)N6CCN(C)CC6)cc5F)c(C)c(=O)n4c3)cn2)c1. The van der Waals surface area contributed by atoms with Gasteiger partial charge in [0, 0.05) is 87.7 Å². The Kier molecular flexibility index (Phi) is 18.4. The zero-order valence-corrected chi connectivity index (χ0v) is 49.2. The molecule has 0 bridgehead atoms. The number of halogens is 2. The highest BCUT2D eigenvalue weighted by Crippen LogP contribution is 2.41. The molecule has 2 aromatic carbocycles. The number of unbranched alkanes of at least 4 members (excludes halogenated alkanes) is 3. The summed E-state index contributed by atoms with van der Waals surface area (Å²) in [5.74, 6) is -2.08. The van der Waals surface area contributed by atoms with E-state index in [2.05, 4.69) is 36.3 Å². The number of benzene rings is 2. The van der Waals surface area contributed by atoms with E-state index in [1.54, 1.807) is 62.4 Å². The summed E-state index contributed by atoms with van der Waals surface area (Å²) >= 11 is 1.50. The van der Waals surface area contributed by atoms with Gasteiger partial charge >= 0.3 is 0 Å². The molecule has 3 atom stereocenters. The summed E-state index contributed by atoms with van der Waals surface area (Å²) in [7, 11) is -1.97. The number of hydrogen-bond donors (Lipinski definition) is 5. The van der Waals surface area contributed by atoms with Crippen LogP contribution in [0, 0.1) is 25.1 Å². The highest BCUT2D eigenvalue weighted by molar-refractivity contribution is 7.89. The number of piperazine rings is 1. The molecule has 0 unspecified atom stereocenters. The largest absolute Gasteiger partial charge is 0.493 e. The maximum atomic E-state index is 15.4. The highest BCUT2D eigenvalue weighted by Gasteiger charge is 2.53. The van der Waals surface area contributed by atoms with Crippen LogP contribution in [0.25, 0.3) is 27.2 Å². The number of nitrogens with one attached hydrogen (secondary N) is 4. The summed E-state index contributed by atoms with van der Waals surface area (Å²) < 4.78 is 67.3. The number of rotatable bonds is 23. The molecule has 4 amide bonds. The lowest BCUT2D eigenvalue weighted by atomic mass is 9.85. The summed E-state index contributed by atoms with van der Waals surface area (Å²) in [5.41, 5.74) is 3.00. The van der Waals surface area contributed by atoms with E-state index in [9.17, 15) is 41.9 Å². The number of likely N-dealkylation sites (tertiary alicyclic amines) is 1. The van der Waals surface area contributed by atoms with Gasteiger partial charge in [0.1, 0.15) is 35.1 Å². The van der Waals surface area contributed by atoms with E-state index in [1.807, 2.05) is 43.3 Å². The number of alkyl halides is 1. The average molecular weight is 1180 g/mol. The number of carbonyl (C=O) groups excluding carboxylic acids is 4. The fraction of sp³-hybridized carbons (Fsp3) is 0.483. The van der Waals surface area contributed by atoms with Crippen molar-refractivity contribution in [3.63, 3.8) is 0 Å². The maximum absolute atomic E-state index is 15.4. The van der Waals surface area contributed by atoms with E-state index in [0.717, 1.165) is 40.6 Å². The Balaban J connectivity index is 0.719. The van der Waals surface area contributed by atoms with Gasteiger partial charge in [0.25, 0.3) is 11.5 Å². The van der Waals surface area contributed by atoms with Crippen LogP contribution in [0.4, 0.5) is 20.3 Å². The number of hydrogen-bond acceptors (Lipinski definition) is 15. The molecule has 25 heteroatoms. The Hall–Kier alpha value is -7.19. The third kappa shape index (κ3) is 14.3. The number of pyridine rings is 1. The van der Waals surface area contributed by atoms with Crippen molar-refractivity contribution in [3.05, 3.63) is 106 Å². The molecule has 444 valence electrons. The van der Waals surface area contributed by atoms with Gasteiger partial charge in [-0.3, -0.25) is 33.1 Å². The molecule has 0 radical (unpaired) electrons. The molecular formula is C58H72F2N12O9S2. The van der Waals surface area contributed by atoms with Gasteiger partial charge in [0.05, 0.1) is 57.7 Å². The van der Waals surface area contributed by atoms with Gasteiger partial charge < -0.3 is 40.9 Å². The molecule has 5 N–H and O–H groups in total. The number of nitrogens with zero attached hydrogens (tertiary/aromatic N) is 8. The Bertz CT molecular complexity index is 3550. The van der Waals surface area contributed by atoms with Crippen LogP contribution in [0.3, 0.4) is 0 Å². The topological polar surface area (TPSA) is 255 Å². The first-order valence-electron chi connectivity index (χ1n) is 28.0. The third-order valence-corrected chi connectivity index (χ3v) is 18.3. The van der Waals surface area contributed by atoms with Crippen molar-refractivity contribution in [2.24, 2.45) is 5.41 Å². The molecule has 9 rings (SSSR count). The molecule has 1 aliphatic carbocycles. The predicted octanol–water partition coefficient (Wildman–Crippen LogP) is 5.87. The zero-order valence-electron chi connectivity index (χ0n) is 47.5. The third-order valence-electron chi connectivity index (χ3n) is 15.4. The van der Waals surface area contributed by atoms with Crippen LogP contribution in [0.1, 0.15) is 89.0 Å². The number of sulfonamides is 1. The first kappa shape index (κ1) is 60.4. The molecule has 2 saturated heterocycles. The van der Waals surface area contributed by atoms with Gasteiger partial charge in [-0.1, -0.05) is 45.7 Å². The number of anilines is 2. The van der Waals surface area contributed by atoms with Crippen molar-refractivity contribution >= 4 is 62.1 Å². The Labute approximate surface area is 484 Å². The zero-order chi connectivity index (χ0) is 59.4. The van der Waals surface area contributed by atoms with Crippen molar-refractivity contribution in [1.29, 1.82) is 0 Å². The first-order chi connectivity index (χ1) is 39.5. The number of aliphatic hydroxyl groups excluding tert-OH is 1. The van der Waals surface area contributed by atoms with E-state index >= 15 is 4.39 Å². The summed E-state index contributed by atoms with van der Waals surface area (Å²) in [6.07, 6.45) is 7.66. The van der Waals surface area contributed by atoms with E-state index in [0.29, 0.717) is 87.7 Å². The van der Waals surface area contributed by atoms with Gasteiger partial charge in [-0.15, -0.1) is 11.3 Å². The highest BCUT2D eigenvalue weighted by atomic mass is 32.2. The van der Waals surface area contributed by atoms with E-state index in [4.69, 9.17) is 4.74 Å². The summed E-state index contributed by atoms with van der Waals surface area (Å²) in [4.78, 5) is 80.0. The smallest absolute Gasteiger partial charge is 0.262 e. The fourth-order valence-electron chi connectivity index (χ4n) is 10.1. The van der Waals surface area contributed by atoms with E-state index in [1.165, 1.54) is 37.1 Å². The van der Waals surface area contributed by atoms with Crippen molar-refractivity contribution in [2.45, 2.75) is 128 Å². The van der Waals surface area contributed by atoms with Gasteiger partial charge in [0.15, 0.2) is 5.67 Å². The predicted molar refractivity (Wildman–Crippen MR) is 310 cm³/mol. The summed E-state index contributed by atoms with van der Waals surface area (Å²) in [6.45, 7) is 11.6. The molecule has 6 aromatic rings. The number of ether oxygens (including phenoxy) is 1. The quantitative estimate of drug-likeness (QED) is 0.0471. The van der Waals surface area contributed by atoms with Crippen molar-refractivity contribution in [3.8, 4) is 27.3 Å². The second-order valence-electron chi connectivity index (χ2n) is 22.8. The van der Waals surface area contributed by atoms with Crippen LogP contribution >= 0.6 is 11.3 Å². The van der Waals surface area contributed by atoms with Crippen LogP contribution in [-0.2, 0) is 42.3 Å². The molecule has 83 heavy (non-hydrogen) atoms. The van der Waals surface area contributed by atoms with Crippen LogP contribution in [-0.4, -0.2) is 152 Å². The normalized spacial score (nSPS) is 17.8. The summed E-state index contributed by atoms with van der Waals surface area (Å²) in [5, 5.41) is 26.5. The van der Waals surface area contributed by atoms with Crippen LogP contribution in [0.2, 0.25) is 0 Å². The minimum atomic E-state index is -3.89. The van der Waals surface area contributed by atoms with E-state index in [-0.39, 0.29) is 65.8 Å². The number of fused-ring (bicyclic) bond motifs is 1. The minimum Gasteiger partial charge on any atom is -0.493 e. The molecule has 3 aliphatic rings. The number of carbonyl (C=O) groups is 4. The Morgan fingerprint density at radius 1 is 0.940 bits per heavy atom. The van der Waals surface area contributed by atoms with Crippen molar-refractivity contribution < 1.29 is 46.2 Å². The fourth-order valence-corrected chi connectivity index (χ4v) is 12.3. The molecule has 4 aromatic heterocycles. The number of aliphatic hydroxyl groups is 1. The van der Waals surface area contributed by atoms with Crippen LogP contribution in [0.15, 0.2) is 82.3 Å². The number of β-amino-alcohol motifs (C(OH)–C–C–N with tert-alkyl or cyclic N) is 1. The lowest BCUT2D eigenvalue weighted by Gasteiger charge is -2.35. The summed E-state index contributed by atoms with van der Waals surface area (Å²) in [6, 6.07) is 10.7. The number of thiazole rings is 1. The average Bonchev–Trinajstić information content (AvgIpc) is 4.01. The van der Waals surface area contributed by atoms with Gasteiger partial charge in [-0.25, -0.2) is 27.2 Å². The first-order valence-corrected chi connectivity index (χ1v) is 30.3. The maximum Gasteiger partial charge on any atom is 0.262 e. The van der Waals surface area contributed by atoms with E-state index < -0.39 is 62.8 Å². The van der Waals surface area contributed by atoms with Crippen LogP contribution < -0.4 is 31.6 Å². The second-order valence-corrected chi connectivity index (χ2v) is 25.6. The molecule has 0 spiro atoms. The Morgan fingerprint density at radius 2 is 1.69 bits per heavy atom.